The fourth-order valence-electron chi connectivity index (χ4n) is 24.6. The van der Waals surface area contributed by atoms with E-state index in [2.05, 4.69) is 49.1 Å². The van der Waals surface area contributed by atoms with Crippen molar-refractivity contribution in [3.63, 3.8) is 0 Å². The Hall–Kier alpha value is -0.950. The summed E-state index contributed by atoms with van der Waals surface area (Å²) < 4.78 is 0. The molecular formula is C63H90S. The zero-order valence-corrected chi connectivity index (χ0v) is 41.6. The highest BCUT2D eigenvalue weighted by atomic mass is 32.2. The van der Waals surface area contributed by atoms with Gasteiger partial charge in [0.15, 0.2) is 0 Å². The molecule has 11 fully saturated rings. The maximum Gasteiger partial charge on any atom is 0.0161 e. The summed E-state index contributed by atoms with van der Waals surface area (Å²) in [5.41, 5.74) is 6.75. The maximum absolute atomic E-state index is 4.72. The number of hydrogen-bond donors (Lipinski definition) is 0. The Morgan fingerprint density at radius 2 is 1.05 bits per heavy atom. The van der Waals surface area contributed by atoms with Crippen LogP contribution in [0.3, 0.4) is 0 Å². The van der Waals surface area contributed by atoms with Crippen molar-refractivity contribution in [3.8, 4) is 0 Å². The highest BCUT2D eigenvalue weighted by Gasteiger charge is 2.73. The third-order valence-electron chi connectivity index (χ3n) is 25.8. The van der Waals surface area contributed by atoms with Crippen LogP contribution in [0.2, 0.25) is 0 Å². The number of thioether (sulfide) groups is 1. The lowest BCUT2D eigenvalue weighted by molar-refractivity contribution is -0.0484. The first-order valence-corrected chi connectivity index (χ1v) is 30.6. The zero-order chi connectivity index (χ0) is 42.3. The van der Waals surface area contributed by atoms with E-state index in [0.717, 1.165) is 123 Å². The average molecular weight is 879 g/mol. The van der Waals surface area contributed by atoms with Gasteiger partial charge in [-0.3, -0.25) is 0 Å². The number of hydrogen-bond acceptors (Lipinski definition) is 1. The second-order valence-electron chi connectivity index (χ2n) is 26.9. The van der Waals surface area contributed by atoms with E-state index in [1.54, 1.807) is 125 Å². The van der Waals surface area contributed by atoms with Gasteiger partial charge in [-0.25, -0.2) is 0 Å². The molecule has 13 aliphatic carbocycles. The topological polar surface area (TPSA) is 0 Å². The molecule has 1 heteroatoms. The van der Waals surface area contributed by atoms with Gasteiger partial charge in [0.1, 0.15) is 0 Å². The van der Waals surface area contributed by atoms with Gasteiger partial charge in [0.05, 0.1) is 0 Å². The van der Waals surface area contributed by atoms with Crippen molar-refractivity contribution in [2.45, 2.75) is 205 Å². The highest BCUT2D eigenvalue weighted by Crippen LogP contribution is 2.79. The SMILES string of the molecule is C=CC1=C(C=CC)C2CCCCC2C12C1CCCCC1C1CCC(C3C=CC4=C(C3)C3CC(C5CCC6C7CCCCC7C7(C8CCCCC8C8CCCCC87)C6C5)CCC3S4)CC12. The summed E-state index contributed by atoms with van der Waals surface area (Å²) in [5.74, 6) is 19.1. The van der Waals surface area contributed by atoms with Gasteiger partial charge in [0.25, 0.3) is 0 Å². The first kappa shape index (κ1) is 42.0. The maximum atomic E-state index is 4.72. The molecule has 14 rings (SSSR count). The van der Waals surface area contributed by atoms with Crippen LogP contribution >= 0.6 is 11.8 Å². The molecule has 0 aromatic carbocycles. The molecule has 0 amide bonds. The molecule has 21 atom stereocenters. The molecule has 1 aliphatic heterocycles. The van der Waals surface area contributed by atoms with Gasteiger partial charge < -0.3 is 0 Å². The number of rotatable bonds is 4. The van der Waals surface area contributed by atoms with Crippen LogP contribution in [-0.2, 0) is 0 Å². The van der Waals surface area contributed by atoms with Crippen LogP contribution in [0.1, 0.15) is 200 Å². The number of fused-ring (bicyclic) bond motifs is 19. The summed E-state index contributed by atoms with van der Waals surface area (Å²) in [4.78, 5) is 1.78. The average Bonchev–Trinajstić information content (AvgIpc) is 4.12. The van der Waals surface area contributed by atoms with E-state index in [-0.39, 0.29) is 0 Å². The van der Waals surface area contributed by atoms with Crippen LogP contribution in [0.4, 0.5) is 0 Å². The lowest BCUT2D eigenvalue weighted by Gasteiger charge is -2.53. The predicted octanol–water partition coefficient (Wildman–Crippen LogP) is 17.5. The highest BCUT2D eigenvalue weighted by molar-refractivity contribution is 8.04. The molecule has 0 nitrogen and oxygen atoms in total. The first-order valence-electron chi connectivity index (χ1n) is 29.7. The van der Waals surface area contributed by atoms with Crippen molar-refractivity contribution >= 4 is 11.8 Å². The Kier molecular flexibility index (Phi) is 10.7. The molecule has 0 bridgehead atoms. The summed E-state index contributed by atoms with van der Waals surface area (Å²) in [6.45, 7) is 7.01. The summed E-state index contributed by atoms with van der Waals surface area (Å²) in [7, 11) is 0. The van der Waals surface area contributed by atoms with Crippen LogP contribution in [-0.4, -0.2) is 5.25 Å². The second-order valence-corrected chi connectivity index (χ2v) is 28.1. The second kappa shape index (κ2) is 16.3. The molecular weight excluding hydrogens is 789 g/mol. The van der Waals surface area contributed by atoms with Crippen molar-refractivity contribution in [1.29, 1.82) is 0 Å². The van der Waals surface area contributed by atoms with Crippen LogP contribution in [0.5, 0.6) is 0 Å². The third kappa shape index (κ3) is 5.79. The van der Waals surface area contributed by atoms with Crippen molar-refractivity contribution in [1.82, 2.24) is 0 Å². The molecule has 0 saturated heterocycles. The Bertz CT molecular complexity index is 1910. The van der Waals surface area contributed by atoms with Gasteiger partial charge in [0, 0.05) is 15.6 Å². The molecule has 0 N–H and O–H groups in total. The van der Waals surface area contributed by atoms with Crippen molar-refractivity contribution in [2.24, 2.45) is 123 Å². The minimum Gasteiger partial charge on any atom is -0.122 e. The first-order chi connectivity index (χ1) is 31.6. The molecule has 21 unspecified atom stereocenters. The number of allylic oxidation sites excluding steroid dienone is 8. The van der Waals surface area contributed by atoms with Gasteiger partial charge >= 0.3 is 0 Å². The van der Waals surface area contributed by atoms with Crippen molar-refractivity contribution in [2.75, 3.05) is 0 Å². The Balaban J connectivity index is 0.723. The molecule has 1 heterocycles. The molecule has 11 saturated carbocycles. The minimum absolute atomic E-state index is 0.423. The lowest BCUT2D eigenvalue weighted by atomic mass is 9.51. The van der Waals surface area contributed by atoms with Crippen LogP contribution in [0.15, 0.2) is 58.6 Å². The van der Waals surface area contributed by atoms with E-state index < -0.39 is 0 Å². The minimum atomic E-state index is 0.423. The smallest absolute Gasteiger partial charge is 0.0161 e. The van der Waals surface area contributed by atoms with Gasteiger partial charge in [0.2, 0.25) is 0 Å². The largest absolute Gasteiger partial charge is 0.122 e. The zero-order valence-electron chi connectivity index (χ0n) is 40.8. The van der Waals surface area contributed by atoms with Gasteiger partial charge in [-0.15, -0.1) is 11.8 Å². The van der Waals surface area contributed by atoms with E-state index in [9.17, 15) is 0 Å². The summed E-state index contributed by atoms with van der Waals surface area (Å²) in [6.07, 6.45) is 59.8. The van der Waals surface area contributed by atoms with Crippen molar-refractivity contribution < 1.29 is 0 Å². The van der Waals surface area contributed by atoms with E-state index in [4.69, 9.17) is 6.58 Å². The lowest BCUT2D eigenvalue weighted by Crippen LogP contribution is -2.47. The van der Waals surface area contributed by atoms with Crippen molar-refractivity contribution in [3.05, 3.63) is 58.6 Å². The monoisotopic (exact) mass is 879 g/mol. The predicted molar refractivity (Wildman–Crippen MR) is 269 cm³/mol. The van der Waals surface area contributed by atoms with Crippen LogP contribution in [0, 0.1) is 123 Å². The fraction of sp³-hybridized carbons (Fsp3) is 0.841. The molecule has 0 aromatic rings. The molecule has 348 valence electrons. The quantitative estimate of drug-likeness (QED) is 0.271. The van der Waals surface area contributed by atoms with E-state index >= 15 is 0 Å². The molecule has 64 heavy (non-hydrogen) atoms. The molecule has 0 aromatic heterocycles. The Morgan fingerprint density at radius 1 is 0.516 bits per heavy atom. The summed E-state index contributed by atoms with van der Waals surface area (Å²) in [5, 5.41) is 0.895. The molecule has 14 aliphatic rings. The van der Waals surface area contributed by atoms with Gasteiger partial charge in [-0.2, -0.15) is 0 Å². The van der Waals surface area contributed by atoms with E-state index in [1.165, 1.54) is 83.5 Å². The van der Waals surface area contributed by atoms with Crippen LogP contribution in [0.25, 0.3) is 0 Å². The molecule has 0 radical (unpaired) electrons. The third-order valence-corrected chi connectivity index (χ3v) is 27.3. The van der Waals surface area contributed by atoms with Gasteiger partial charge in [-0.1, -0.05) is 107 Å². The fourth-order valence-corrected chi connectivity index (χ4v) is 26.2. The summed E-state index contributed by atoms with van der Waals surface area (Å²) >= 11 is 2.38. The Labute approximate surface area is 396 Å². The standard InChI is InChI=1S/C63H90S/c1-3-15-42-43-16-5-10-21-53(43)62(52(42)4-2)54-22-11-8-19-46(54)48-30-26-40(36-58(48)62)38-28-32-60-50(34-38)51-35-39(29-33-61(51)64-60)41-27-31-49-47-20-9-14-25-57(47)63(59(49)37-41)55-23-12-6-17-44(55)45-18-7-13-24-56(45)63/h3-4,15,28,32,38-41,43-49,51,53-59,61H,2,5-14,16-27,29-31,33-37H2,1H3. The summed E-state index contributed by atoms with van der Waals surface area (Å²) in [6, 6.07) is 0. The normalized spacial score (nSPS) is 54.8. The van der Waals surface area contributed by atoms with Gasteiger partial charge in [-0.05, 0) is 264 Å². The molecule has 2 spiro atoms. The van der Waals surface area contributed by atoms with Crippen LogP contribution < -0.4 is 0 Å². The Morgan fingerprint density at radius 3 is 1.72 bits per heavy atom. The van der Waals surface area contributed by atoms with E-state index in [0.29, 0.717) is 5.41 Å². The van der Waals surface area contributed by atoms with E-state index in [1.807, 2.05) is 5.57 Å².